The van der Waals surface area contributed by atoms with Gasteiger partial charge in [-0.25, -0.2) is 13.6 Å². The molecule has 2 N–H and O–H groups in total. The SMILES string of the molecule is COc1cc(F)c(NC(=O)N(C[C@H](C)O)C2CCCCC2)cc1F. The molecule has 0 aromatic heterocycles. The van der Waals surface area contributed by atoms with Crippen molar-refractivity contribution in [3.63, 3.8) is 0 Å². The summed E-state index contributed by atoms with van der Waals surface area (Å²) in [5.41, 5.74) is -0.246. The van der Waals surface area contributed by atoms with Crippen LogP contribution in [0.5, 0.6) is 5.75 Å². The molecule has 1 aliphatic rings. The van der Waals surface area contributed by atoms with Gasteiger partial charge in [-0.1, -0.05) is 19.3 Å². The van der Waals surface area contributed by atoms with Gasteiger partial charge in [0.2, 0.25) is 0 Å². The minimum Gasteiger partial charge on any atom is -0.494 e. The van der Waals surface area contributed by atoms with Gasteiger partial charge in [0.1, 0.15) is 0 Å². The van der Waals surface area contributed by atoms with Crippen LogP contribution >= 0.6 is 0 Å². The lowest BCUT2D eigenvalue weighted by Crippen LogP contribution is -2.47. The summed E-state index contributed by atoms with van der Waals surface area (Å²) >= 11 is 0. The number of methoxy groups -OCH3 is 1. The molecule has 0 aliphatic heterocycles. The van der Waals surface area contributed by atoms with Gasteiger partial charge in [0.25, 0.3) is 0 Å². The number of urea groups is 1. The van der Waals surface area contributed by atoms with Crippen molar-refractivity contribution in [1.29, 1.82) is 0 Å². The number of aliphatic hydroxyl groups is 1. The lowest BCUT2D eigenvalue weighted by Gasteiger charge is -2.35. The minimum atomic E-state index is -0.776. The number of amides is 2. The highest BCUT2D eigenvalue weighted by atomic mass is 19.1. The monoisotopic (exact) mass is 342 g/mol. The molecule has 1 atom stereocenters. The summed E-state index contributed by atoms with van der Waals surface area (Å²) in [6, 6.07) is 1.25. The molecule has 0 unspecified atom stereocenters. The van der Waals surface area contributed by atoms with Crippen LogP contribution in [0.1, 0.15) is 39.0 Å². The summed E-state index contributed by atoms with van der Waals surface area (Å²) in [6.07, 6.45) is 4.15. The fourth-order valence-corrected chi connectivity index (χ4v) is 3.04. The van der Waals surface area contributed by atoms with E-state index in [9.17, 15) is 18.7 Å². The van der Waals surface area contributed by atoms with Crippen LogP contribution in [0.3, 0.4) is 0 Å². The number of aliphatic hydroxyl groups excluding tert-OH is 1. The molecule has 0 radical (unpaired) electrons. The number of halogens is 2. The van der Waals surface area contributed by atoms with Crippen molar-refractivity contribution < 1.29 is 23.4 Å². The third-order valence-corrected chi connectivity index (χ3v) is 4.22. The Morgan fingerprint density at radius 2 is 2.00 bits per heavy atom. The molecule has 7 heteroatoms. The van der Waals surface area contributed by atoms with E-state index in [1.54, 1.807) is 6.92 Å². The van der Waals surface area contributed by atoms with Gasteiger partial charge in [-0.3, -0.25) is 0 Å². The van der Waals surface area contributed by atoms with E-state index in [0.717, 1.165) is 44.2 Å². The quantitative estimate of drug-likeness (QED) is 0.861. The van der Waals surface area contributed by atoms with Crippen molar-refractivity contribution in [2.75, 3.05) is 19.0 Å². The fourth-order valence-electron chi connectivity index (χ4n) is 3.04. The highest BCUT2D eigenvalue weighted by Gasteiger charge is 2.27. The molecule has 1 saturated carbocycles. The topological polar surface area (TPSA) is 61.8 Å². The Labute approximate surface area is 140 Å². The van der Waals surface area contributed by atoms with Crippen molar-refractivity contribution >= 4 is 11.7 Å². The highest BCUT2D eigenvalue weighted by Crippen LogP contribution is 2.27. The predicted octanol–water partition coefficient (Wildman–Crippen LogP) is 3.52. The Hall–Kier alpha value is -1.89. The second-order valence-corrected chi connectivity index (χ2v) is 6.19. The Balaban J connectivity index is 2.16. The van der Waals surface area contributed by atoms with E-state index < -0.39 is 23.8 Å². The number of carbonyl (C=O) groups excluding carboxylic acids is 1. The van der Waals surface area contributed by atoms with Gasteiger partial charge in [0.05, 0.1) is 18.9 Å². The zero-order valence-electron chi connectivity index (χ0n) is 14.0. The molecule has 0 bridgehead atoms. The van der Waals surface area contributed by atoms with Crippen molar-refractivity contribution in [3.8, 4) is 5.75 Å². The van der Waals surface area contributed by atoms with Gasteiger partial charge in [0, 0.05) is 24.7 Å². The van der Waals surface area contributed by atoms with Gasteiger partial charge in [-0.05, 0) is 19.8 Å². The average molecular weight is 342 g/mol. The molecule has 5 nitrogen and oxygen atoms in total. The van der Waals surface area contributed by atoms with Gasteiger partial charge in [-0.2, -0.15) is 0 Å². The van der Waals surface area contributed by atoms with Crippen LogP contribution in [0.4, 0.5) is 19.3 Å². The molecule has 1 fully saturated rings. The number of anilines is 1. The molecular weight excluding hydrogens is 318 g/mol. The zero-order valence-corrected chi connectivity index (χ0v) is 14.0. The Bertz CT molecular complexity index is 575. The molecule has 1 aliphatic carbocycles. The maximum absolute atomic E-state index is 14.0. The molecule has 0 heterocycles. The molecule has 0 spiro atoms. The van der Waals surface area contributed by atoms with E-state index in [-0.39, 0.29) is 24.0 Å². The number of nitrogens with one attached hydrogen (secondary N) is 1. The summed E-state index contributed by atoms with van der Waals surface area (Å²) < 4.78 is 32.5. The summed E-state index contributed by atoms with van der Waals surface area (Å²) in [7, 11) is 1.24. The summed E-state index contributed by atoms with van der Waals surface area (Å²) in [6.45, 7) is 1.74. The largest absolute Gasteiger partial charge is 0.494 e. The number of rotatable bonds is 5. The van der Waals surface area contributed by atoms with E-state index in [2.05, 4.69) is 5.32 Å². The predicted molar refractivity (Wildman–Crippen MR) is 87.2 cm³/mol. The van der Waals surface area contributed by atoms with Crippen LogP contribution in [0, 0.1) is 11.6 Å². The van der Waals surface area contributed by atoms with E-state index in [1.807, 2.05) is 0 Å². The van der Waals surface area contributed by atoms with Crippen LogP contribution in [0.25, 0.3) is 0 Å². The molecule has 1 aromatic carbocycles. The lowest BCUT2D eigenvalue weighted by atomic mass is 9.94. The van der Waals surface area contributed by atoms with Gasteiger partial charge in [-0.15, -0.1) is 0 Å². The fraction of sp³-hybridized carbons (Fsp3) is 0.588. The van der Waals surface area contributed by atoms with Crippen molar-refractivity contribution in [2.45, 2.75) is 51.2 Å². The number of hydrogen-bond donors (Lipinski definition) is 2. The zero-order chi connectivity index (χ0) is 17.7. The Morgan fingerprint density at radius 3 is 2.58 bits per heavy atom. The van der Waals surface area contributed by atoms with Crippen LogP contribution in [0.15, 0.2) is 12.1 Å². The maximum atomic E-state index is 14.0. The number of carbonyl (C=O) groups is 1. The standard InChI is InChI=1S/C17H24F2N2O3/c1-11(22)10-21(12-6-4-3-5-7-12)17(23)20-15-8-14(19)16(24-2)9-13(15)18/h8-9,11-12,22H,3-7,10H2,1-2H3,(H,20,23)/t11-/m0/s1. The van der Waals surface area contributed by atoms with Gasteiger partial charge in [0.15, 0.2) is 17.4 Å². The summed E-state index contributed by atoms with van der Waals surface area (Å²) in [5, 5.41) is 12.1. The molecule has 24 heavy (non-hydrogen) atoms. The van der Waals surface area contributed by atoms with Crippen molar-refractivity contribution in [1.82, 2.24) is 4.90 Å². The first-order valence-corrected chi connectivity index (χ1v) is 8.21. The van der Waals surface area contributed by atoms with Crippen molar-refractivity contribution in [3.05, 3.63) is 23.8 Å². The third-order valence-electron chi connectivity index (χ3n) is 4.22. The second kappa shape index (κ2) is 8.28. The first-order chi connectivity index (χ1) is 11.4. The molecule has 1 aromatic rings. The average Bonchev–Trinajstić information content (AvgIpc) is 2.56. The lowest BCUT2D eigenvalue weighted by molar-refractivity contribution is 0.105. The normalized spacial score (nSPS) is 16.5. The first kappa shape index (κ1) is 18.4. The summed E-state index contributed by atoms with van der Waals surface area (Å²) in [5.74, 6) is -1.75. The minimum absolute atomic E-state index is 0.000457. The Morgan fingerprint density at radius 1 is 1.33 bits per heavy atom. The molecule has 2 amide bonds. The van der Waals surface area contributed by atoms with E-state index in [0.29, 0.717) is 0 Å². The van der Waals surface area contributed by atoms with E-state index in [4.69, 9.17) is 4.74 Å². The maximum Gasteiger partial charge on any atom is 0.322 e. The first-order valence-electron chi connectivity index (χ1n) is 8.21. The van der Waals surface area contributed by atoms with E-state index >= 15 is 0 Å². The third kappa shape index (κ3) is 4.56. The number of nitrogens with zero attached hydrogens (tertiary/aromatic N) is 1. The van der Waals surface area contributed by atoms with E-state index in [1.165, 1.54) is 12.0 Å². The number of ether oxygens (including phenoxy) is 1. The molecule has 2 rings (SSSR count). The number of hydrogen-bond acceptors (Lipinski definition) is 3. The van der Waals surface area contributed by atoms with Gasteiger partial charge >= 0.3 is 6.03 Å². The molecular formula is C17H24F2N2O3. The molecule has 134 valence electrons. The van der Waals surface area contributed by atoms with Crippen LogP contribution in [-0.2, 0) is 0 Å². The van der Waals surface area contributed by atoms with Crippen LogP contribution < -0.4 is 10.1 Å². The smallest absolute Gasteiger partial charge is 0.322 e. The van der Waals surface area contributed by atoms with Gasteiger partial charge < -0.3 is 20.1 Å². The van der Waals surface area contributed by atoms with Crippen LogP contribution in [0.2, 0.25) is 0 Å². The Kier molecular flexibility index (Phi) is 6.36. The molecule has 0 saturated heterocycles. The van der Waals surface area contributed by atoms with Crippen LogP contribution in [-0.4, -0.2) is 41.8 Å². The number of benzene rings is 1. The highest BCUT2D eigenvalue weighted by molar-refractivity contribution is 5.89. The van der Waals surface area contributed by atoms with Crippen molar-refractivity contribution in [2.24, 2.45) is 0 Å². The summed E-state index contributed by atoms with van der Waals surface area (Å²) in [4.78, 5) is 14.1. The second-order valence-electron chi connectivity index (χ2n) is 6.19.